The first-order valence-corrected chi connectivity index (χ1v) is 5.40. The van der Waals surface area contributed by atoms with Crippen molar-refractivity contribution >= 4 is 17.1 Å². The number of rotatable bonds is 2. The van der Waals surface area contributed by atoms with Crippen molar-refractivity contribution in [3.63, 3.8) is 0 Å². The van der Waals surface area contributed by atoms with Crippen molar-refractivity contribution in [3.8, 4) is 12.1 Å². The van der Waals surface area contributed by atoms with Gasteiger partial charge in [-0.3, -0.25) is 0 Å². The van der Waals surface area contributed by atoms with Crippen molar-refractivity contribution < 1.29 is 4.39 Å². The van der Waals surface area contributed by atoms with E-state index >= 15 is 0 Å². The van der Waals surface area contributed by atoms with Gasteiger partial charge < -0.3 is 11.1 Å². The zero-order valence-electron chi connectivity index (χ0n) is 9.81. The molecule has 0 bridgehead atoms. The third-order valence-corrected chi connectivity index (χ3v) is 2.53. The molecule has 0 fully saturated rings. The number of nitrogens with two attached hydrogens (primary N) is 1. The second-order valence-electron chi connectivity index (χ2n) is 3.85. The minimum Gasteiger partial charge on any atom is -0.399 e. The molecule has 0 aliphatic carbocycles. The van der Waals surface area contributed by atoms with Gasteiger partial charge in [0, 0.05) is 11.4 Å². The Morgan fingerprint density at radius 1 is 1.00 bits per heavy atom. The summed E-state index contributed by atoms with van der Waals surface area (Å²) in [4.78, 5) is 0. The maximum atomic E-state index is 13.6. The first-order valence-electron chi connectivity index (χ1n) is 5.40. The average molecular weight is 252 g/mol. The van der Waals surface area contributed by atoms with Crippen LogP contribution in [-0.4, -0.2) is 0 Å². The van der Waals surface area contributed by atoms with Crippen LogP contribution in [0.3, 0.4) is 0 Å². The van der Waals surface area contributed by atoms with E-state index in [0.29, 0.717) is 11.4 Å². The third-order valence-electron chi connectivity index (χ3n) is 2.53. The highest BCUT2D eigenvalue weighted by Crippen LogP contribution is 2.23. The van der Waals surface area contributed by atoms with E-state index in [4.69, 9.17) is 16.3 Å². The molecule has 19 heavy (non-hydrogen) atoms. The number of hydrogen-bond acceptors (Lipinski definition) is 4. The lowest BCUT2D eigenvalue weighted by atomic mass is 10.1. The molecule has 0 radical (unpaired) electrons. The number of nitrogens with zero attached hydrogens (tertiary/aromatic N) is 2. The SMILES string of the molecule is N#Cc1ccc(Nc2ccc(N)cc2F)cc1C#N. The van der Waals surface area contributed by atoms with Crippen LogP contribution in [0.15, 0.2) is 36.4 Å². The standard InChI is InChI=1S/C14H9FN4/c15-13-6-11(18)2-4-14(13)19-12-3-1-9(7-16)10(5-12)8-17/h1-6,19H,18H2. The van der Waals surface area contributed by atoms with Crippen LogP contribution in [0.5, 0.6) is 0 Å². The van der Waals surface area contributed by atoms with E-state index in [2.05, 4.69) is 5.32 Å². The first kappa shape index (κ1) is 12.4. The predicted molar refractivity (Wildman–Crippen MR) is 70.0 cm³/mol. The Bertz CT molecular complexity index is 710. The van der Waals surface area contributed by atoms with Gasteiger partial charge in [-0.2, -0.15) is 10.5 Å². The number of anilines is 3. The Labute approximate surface area is 109 Å². The van der Waals surface area contributed by atoms with Gasteiger partial charge in [-0.05, 0) is 36.4 Å². The molecule has 4 nitrogen and oxygen atoms in total. The molecule has 0 aliphatic rings. The van der Waals surface area contributed by atoms with Crippen LogP contribution in [0.2, 0.25) is 0 Å². The summed E-state index contributed by atoms with van der Waals surface area (Å²) in [6.07, 6.45) is 0. The van der Waals surface area contributed by atoms with E-state index in [0.717, 1.165) is 0 Å². The van der Waals surface area contributed by atoms with Crippen molar-refractivity contribution in [2.75, 3.05) is 11.1 Å². The summed E-state index contributed by atoms with van der Waals surface area (Å²) in [7, 11) is 0. The second kappa shape index (κ2) is 5.07. The number of benzene rings is 2. The van der Waals surface area contributed by atoms with Crippen molar-refractivity contribution in [2.45, 2.75) is 0 Å². The number of nitrogens with one attached hydrogen (secondary N) is 1. The fourth-order valence-corrected chi connectivity index (χ4v) is 1.60. The van der Waals surface area contributed by atoms with Crippen molar-refractivity contribution in [2.24, 2.45) is 0 Å². The summed E-state index contributed by atoms with van der Waals surface area (Å²) in [5.41, 5.74) is 7.09. The van der Waals surface area contributed by atoms with E-state index in [1.807, 2.05) is 12.1 Å². The molecule has 92 valence electrons. The van der Waals surface area contributed by atoms with Gasteiger partial charge in [0.05, 0.1) is 16.8 Å². The minimum absolute atomic E-state index is 0.239. The Morgan fingerprint density at radius 3 is 2.37 bits per heavy atom. The van der Waals surface area contributed by atoms with Crippen LogP contribution >= 0.6 is 0 Å². The summed E-state index contributed by atoms with van der Waals surface area (Å²) in [5.74, 6) is -0.483. The molecule has 0 amide bonds. The van der Waals surface area contributed by atoms with Gasteiger partial charge in [0.15, 0.2) is 0 Å². The average Bonchev–Trinajstić information content (AvgIpc) is 2.41. The summed E-state index contributed by atoms with van der Waals surface area (Å²) in [6, 6.07) is 12.7. The topological polar surface area (TPSA) is 85.6 Å². The highest BCUT2D eigenvalue weighted by molar-refractivity contribution is 5.65. The highest BCUT2D eigenvalue weighted by atomic mass is 19.1. The molecule has 2 rings (SSSR count). The van der Waals surface area contributed by atoms with Crippen LogP contribution in [0.4, 0.5) is 21.5 Å². The lowest BCUT2D eigenvalue weighted by Crippen LogP contribution is -1.96. The van der Waals surface area contributed by atoms with Gasteiger partial charge in [0.1, 0.15) is 18.0 Å². The molecule has 5 heteroatoms. The molecule has 0 heterocycles. The Morgan fingerprint density at radius 2 is 1.74 bits per heavy atom. The molecule has 0 spiro atoms. The largest absolute Gasteiger partial charge is 0.399 e. The Hall–Kier alpha value is -3.05. The van der Waals surface area contributed by atoms with Crippen molar-refractivity contribution in [1.29, 1.82) is 10.5 Å². The van der Waals surface area contributed by atoms with Crippen molar-refractivity contribution in [3.05, 3.63) is 53.3 Å². The van der Waals surface area contributed by atoms with Crippen LogP contribution < -0.4 is 11.1 Å². The van der Waals surface area contributed by atoms with E-state index in [1.165, 1.54) is 24.3 Å². The lowest BCUT2D eigenvalue weighted by Gasteiger charge is -2.08. The summed E-state index contributed by atoms with van der Waals surface area (Å²) in [6.45, 7) is 0. The molecular weight excluding hydrogens is 243 g/mol. The maximum absolute atomic E-state index is 13.6. The molecule has 0 saturated carbocycles. The number of halogens is 1. The van der Waals surface area contributed by atoms with Gasteiger partial charge in [0.2, 0.25) is 0 Å². The number of hydrogen-bond donors (Lipinski definition) is 2. The van der Waals surface area contributed by atoms with Crippen LogP contribution in [-0.2, 0) is 0 Å². The normalized spacial score (nSPS) is 9.42. The monoisotopic (exact) mass is 252 g/mol. The molecular formula is C14H9FN4. The Kier molecular flexibility index (Phi) is 3.31. The first-order chi connectivity index (χ1) is 9.13. The van der Waals surface area contributed by atoms with E-state index in [-0.39, 0.29) is 16.8 Å². The number of nitriles is 2. The molecule has 0 saturated heterocycles. The van der Waals surface area contributed by atoms with Gasteiger partial charge in [-0.25, -0.2) is 4.39 Å². The molecule has 0 aliphatic heterocycles. The number of nitrogen functional groups attached to an aromatic ring is 1. The molecule has 0 unspecified atom stereocenters. The van der Waals surface area contributed by atoms with Gasteiger partial charge >= 0.3 is 0 Å². The molecule has 0 atom stereocenters. The quantitative estimate of drug-likeness (QED) is 0.804. The van der Waals surface area contributed by atoms with Gasteiger partial charge in [0.25, 0.3) is 0 Å². The second-order valence-corrected chi connectivity index (χ2v) is 3.85. The zero-order chi connectivity index (χ0) is 13.8. The fraction of sp³-hybridized carbons (Fsp3) is 0. The highest BCUT2D eigenvalue weighted by Gasteiger charge is 2.06. The van der Waals surface area contributed by atoms with E-state index < -0.39 is 5.82 Å². The molecule has 3 N–H and O–H groups in total. The predicted octanol–water partition coefficient (Wildman–Crippen LogP) is 2.89. The molecule has 0 aromatic heterocycles. The van der Waals surface area contributed by atoms with E-state index in [1.54, 1.807) is 12.1 Å². The summed E-state index contributed by atoms with van der Waals surface area (Å²) in [5, 5.41) is 20.6. The van der Waals surface area contributed by atoms with E-state index in [9.17, 15) is 4.39 Å². The van der Waals surface area contributed by atoms with Crippen LogP contribution in [0, 0.1) is 28.5 Å². The summed E-state index contributed by atoms with van der Waals surface area (Å²) < 4.78 is 13.6. The van der Waals surface area contributed by atoms with Crippen LogP contribution in [0.1, 0.15) is 11.1 Å². The van der Waals surface area contributed by atoms with Crippen LogP contribution in [0.25, 0.3) is 0 Å². The smallest absolute Gasteiger partial charge is 0.148 e. The zero-order valence-corrected chi connectivity index (χ0v) is 9.81. The lowest BCUT2D eigenvalue weighted by molar-refractivity contribution is 0.632. The fourth-order valence-electron chi connectivity index (χ4n) is 1.60. The maximum Gasteiger partial charge on any atom is 0.148 e. The Balaban J connectivity index is 2.34. The van der Waals surface area contributed by atoms with Gasteiger partial charge in [-0.15, -0.1) is 0 Å². The third kappa shape index (κ3) is 2.62. The van der Waals surface area contributed by atoms with Gasteiger partial charge in [-0.1, -0.05) is 0 Å². The minimum atomic E-state index is -0.483. The van der Waals surface area contributed by atoms with Crippen molar-refractivity contribution in [1.82, 2.24) is 0 Å². The molecule has 2 aromatic carbocycles. The summed E-state index contributed by atoms with van der Waals surface area (Å²) >= 11 is 0. The molecule has 2 aromatic rings.